The van der Waals surface area contributed by atoms with Crippen LogP contribution in [0.25, 0.3) is 10.9 Å². The number of fused-ring (bicyclic) bond motifs is 1. The average molecular weight is 236 g/mol. The van der Waals surface area contributed by atoms with E-state index >= 15 is 0 Å². The minimum atomic E-state index is -0.833. The molecule has 2 rings (SSSR count). The van der Waals surface area contributed by atoms with Crippen molar-refractivity contribution < 1.29 is 9.90 Å². The third-order valence-corrected chi connectivity index (χ3v) is 3.20. The second-order valence-corrected chi connectivity index (χ2v) is 4.25. The van der Waals surface area contributed by atoms with E-state index in [-0.39, 0.29) is 0 Å². The van der Waals surface area contributed by atoms with Gasteiger partial charge >= 0.3 is 5.97 Å². The van der Waals surface area contributed by atoms with Crippen molar-refractivity contribution in [3.05, 3.63) is 24.3 Å². The summed E-state index contributed by atoms with van der Waals surface area (Å²) in [5.74, 6) is -0.833. The highest BCUT2D eigenvalue weighted by Crippen LogP contribution is 2.28. The summed E-state index contributed by atoms with van der Waals surface area (Å²) in [4.78, 5) is 10.9. The van der Waals surface area contributed by atoms with Gasteiger partial charge < -0.3 is 10.4 Å². The summed E-state index contributed by atoms with van der Waals surface area (Å²) in [5.41, 5.74) is 0.898. The number of rotatable bonds is 4. The van der Waals surface area contributed by atoms with Crippen LogP contribution in [0.3, 0.4) is 0 Å². The Hall–Kier alpha value is -1.62. The maximum absolute atomic E-state index is 10.9. The molecule has 0 saturated carbocycles. The molecule has 2 N–H and O–H groups in total. The highest BCUT2D eigenvalue weighted by atomic mass is 32.1. The van der Waals surface area contributed by atoms with E-state index in [4.69, 9.17) is 5.11 Å². The third kappa shape index (κ3) is 1.99. The molecule has 0 aliphatic carbocycles. The second kappa shape index (κ2) is 4.49. The Morgan fingerprint density at radius 1 is 1.56 bits per heavy atom. The zero-order valence-electron chi connectivity index (χ0n) is 8.80. The molecule has 1 atom stereocenters. The van der Waals surface area contributed by atoms with E-state index in [1.807, 2.05) is 31.2 Å². The van der Waals surface area contributed by atoms with Gasteiger partial charge in [0, 0.05) is 5.39 Å². The fourth-order valence-electron chi connectivity index (χ4n) is 1.49. The van der Waals surface area contributed by atoms with E-state index in [1.165, 1.54) is 11.5 Å². The SMILES string of the molecule is CCC(Nc1snc2ccccc12)C(=O)O. The van der Waals surface area contributed by atoms with Gasteiger partial charge in [0.1, 0.15) is 11.0 Å². The lowest BCUT2D eigenvalue weighted by Gasteiger charge is -2.11. The molecule has 0 aliphatic rings. The maximum Gasteiger partial charge on any atom is 0.326 e. The van der Waals surface area contributed by atoms with Crippen LogP contribution in [-0.4, -0.2) is 21.5 Å². The molecule has 0 radical (unpaired) electrons. The Bertz CT molecular complexity index is 509. The van der Waals surface area contributed by atoms with E-state index in [1.54, 1.807) is 0 Å². The number of nitrogens with zero attached hydrogens (tertiary/aromatic N) is 1. The van der Waals surface area contributed by atoms with Gasteiger partial charge in [-0.3, -0.25) is 0 Å². The highest BCUT2D eigenvalue weighted by molar-refractivity contribution is 7.11. The summed E-state index contributed by atoms with van der Waals surface area (Å²) in [7, 11) is 0. The molecule has 1 heterocycles. The van der Waals surface area contributed by atoms with E-state index in [0.717, 1.165) is 15.9 Å². The number of benzene rings is 1. The van der Waals surface area contributed by atoms with Crippen molar-refractivity contribution >= 4 is 33.4 Å². The Labute approximate surface area is 97.1 Å². The van der Waals surface area contributed by atoms with Crippen molar-refractivity contribution in [1.82, 2.24) is 4.37 Å². The number of carbonyl (C=O) groups is 1. The van der Waals surface area contributed by atoms with Crippen LogP contribution in [0.2, 0.25) is 0 Å². The normalized spacial score (nSPS) is 12.6. The smallest absolute Gasteiger partial charge is 0.326 e. The van der Waals surface area contributed by atoms with Crippen molar-refractivity contribution in [3.63, 3.8) is 0 Å². The lowest BCUT2D eigenvalue weighted by molar-refractivity contribution is -0.137. The molecule has 84 valence electrons. The van der Waals surface area contributed by atoms with Crippen LogP contribution in [0, 0.1) is 0 Å². The summed E-state index contributed by atoms with van der Waals surface area (Å²) in [6.07, 6.45) is 0.543. The van der Waals surface area contributed by atoms with Gasteiger partial charge in [-0.1, -0.05) is 19.1 Å². The topological polar surface area (TPSA) is 62.2 Å². The lowest BCUT2D eigenvalue weighted by Crippen LogP contribution is -2.27. The largest absolute Gasteiger partial charge is 0.480 e. The number of aliphatic carboxylic acids is 1. The molecular weight excluding hydrogens is 224 g/mol. The maximum atomic E-state index is 10.9. The van der Waals surface area contributed by atoms with Crippen LogP contribution >= 0.6 is 11.5 Å². The van der Waals surface area contributed by atoms with Gasteiger partial charge in [0.25, 0.3) is 0 Å². The van der Waals surface area contributed by atoms with Gasteiger partial charge in [-0.05, 0) is 30.1 Å². The molecule has 0 spiro atoms. The molecule has 1 aromatic carbocycles. The molecule has 5 heteroatoms. The predicted molar refractivity (Wildman–Crippen MR) is 65.0 cm³/mol. The van der Waals surface area contributed by atoms with Crippen molar-refractivity contribution in [1.29, 1.82) is 0 Å². The summed E-state index contributed by atoms with van der Waals surface area (Å²) < 4.78 is 4.25. The molecule has 0 bridgehead atoms. The van der Waals surface area contributed by atoms with E-state index in [9.17, 15) is 4.79 Å². The third-order valence-electron chi connectivity index (χ3n) is 2.40. The zero-order chi connectivity index (χ0) is 11.5. The summed E-state index contributed by atoms with van der Waals surface area (Å²) in [5, 5.41) is 13.8. The molecule has 0 aliphatic heterocycles. The van der Waals surface area contributed by atoms with E-state index < -0.39 is 12.0 Å². The average Bonchev–Trinajstić information content (AvgIpc) is 2.69. The molecule has 1 unspecified atom stereocenters. The van der Waals surface area contributed by atoms with Crippen molar-refractivity contribution in [3.8, 4) is 0 Å². The Morgan fingerprint density at radius 2 is 2.31 bits per heavy atom. The van der Waals surface area contributed by atoms with Crippen molar-refractivity contribution in [2.45, 2.75) is 19.4 Å². The number of carboxylic acids is 1. The molecular formula is C11H12N2O2S. The van der Waals surface area contributed by atoms with Crippen molar-refractivity contribution in [2.75, 3.05) is 5.32 Å². The minimum absolute atomic E-state index is 0.543. The Kier molecular flexibility index (Phi) is 3.05. The molecule has 2 aromatic rings. The molecule has 4 nitrogen and oxygen atoms in total. The second-order valence-electron chi connectivity index (χ2n) is 3.47. The molecule has 0 saturated heterocycles. The number of hydrogen-bond acceptors (Lipinski definition) is 4. The first kappa shape index (κ1) is 10.9. The van der Waals surface area contributed by atoms with Crippen LogP contribution in [0.15, 0.2) is 24.3 Å². The van der Waals surface area contributed by atoms with Gasteiger partial charge in [-0.2, -0.15) is 4.37 Å². The molecule has 16 heavy (non-hydrogen) atoms. The monoisotopic (exact) mass is 236 g/mol. The first-order valence-corrected chi connectivity index (χ1v) is 5.83. The fraction of sp³-hybridized carbons (Fsp3) is 0.273. The molecule has 0 amide bonds. The Morgan fingerprint density at radius 3 is 3.00 bits per heavy atom. The van der Waals surface area contributed by atoms with Gasteiger partial charge in [0.15, 0.2) is 0 Å². The van der Waals surface area contributed by atoms with Crippen LogP contribution < -0.4 is 5.32 Å². The number of aromatic nitrogens is 1. The number of anilines is 1. The lowest BCUT2D eigenvalue weighted by atomic mass is 10.2. The Balaban J connectivity index is 2.30. The van der Waals surface area contributed by atoms with Crippen LogP contribution in [-0.2, 0) is 4.79 Å². The number of nitrogens with one attached hydrogen (secondary N) is 1. The summed E-state index contributed by atoms with van der Waals surface area (Å²) in [6.45, 7) is 1.84. The van der Waals surface area contributed by atoms with Crippen LogP contribution in [0.5, 0.6) is 0 Å². The minimum Gasteiger partial charge on any atom is -0.480 e. The quantitative estimate of drug-likeness (QED) is 0.856. The fourth-order valence-corrected chi connectivity index (χ4v) is 2.30. The standard InChI is InChI=1S/C11H12N2O2S/c1-2-8(11(14)15)12-10-7-5-3-4-6-9(7)13-16-10/h3-6,8,12H,2H2,1H3,(H,14,15). The van der Waals surface area contributed by atoms with E-state index in [2.05, 4.69) is 9.69 Å². The van der Waals surface area contributed by atoms with Gasteiger partial charge in [-0.15, -0.1) is 0 Å². The molecule has 0 fully saturated rings. The highest BCUT2D eigenvalue weighted by Gasteiger charge is 2.16. The van der Waals surface area contributed by atoms with E-state index in [0.29, 0.717) is 6.42 Å². The molecule has 1 aromatic heterocycles. The predicted octanol–water partition coefficient (Wildman–Crippen LogP) is 2.57. The number of carboxylic acid groups (broad SMARTS) is 1. The first-order valence-electron chi connectivity index (χ1n) is 5.06. The van der Waals surface area contributed by atoms with Gasteiger partial charge in [0.2, 0.25) is 0 Å². The van der Waals surface area contributed by atoms with Gasteiger partial charge in [0.05, 0.1) is 5.52 Å². The first-order chi connectivity index (χ1) is 7.72. The van der Waals surface area contributed by atoms with Crippen molar-refractivity contribution in [2.24, 2.45) is 0 Å². The summed E-state index contributed by atoms with van der Waals surface area (Å²) >= 11 is 1.30. The van der Waals surface area contributed by atoms with Gasteiger partial charge in [-0.25, -0.2) is 4.79 Å². The number of hydrogen-bond donors (Lipinski definition) is 2. The van der Waals surface area contributed by atoms with Crippen LogP contribution in [0.4, 0.5) is 5.00 Å². The van der Waals surface area contributed by atoms with Crippen LogP contribution in [0.1, 0.15) is 13.3 Å². The summed E-state index contributed by atoms with van der Waals surface area (Å²) in [6, 6.07) is 7.14. The zero-order valence-corrected chi connectivity index (χ0v) is 9.62.